The van der Waals surface area contributed by atoms with E-state index < -0.39 is 0 Å². The van der Waals surface area contributed by atoms with Crippen molar-refractivity contribution in [2.45, 2.75) is 19.8 Å². The molecule has 0 bridgehead atoms. The Kier molecular flexibility index (Phi) is 2.96. The van der Waals surface area contributed by atoms with Crippen LogP contribution in [0.15, 0.2) is 22.6 Å². The Balaban J connectivity index is 1.94. The minimum absolute atomic E-state index is 0.333. The SMILES string of the molecule is CC(C)c1nc2cc(N3CCNCC3)ccc2o1. The van der Waals surface area contributed by atoms with Crippen molar-refractivity contribution in [2.75, 3.05) is 31.1 Å². The molecule has 0 amide bonds. The number of fused-ring (bicyclic) bond motifs is 1. The van der Waals surface area contributed by atoms with Crippen LogP contribution < -0.4 is 10.2 Å². The summed E-state index contributed by atoms with van der Waals surface area (Å²) in [6, 6.07) is 6.30. The molecule has 0 atom stereocenters. The molecule has 4 heteroatoms. The van der Waals surface area contributed by atoms with Crippen LogP contribution in [0.3, 0.4) is 0 Å². The fourth-order valence-corrected chi connectivity index (χ4v) is 2.30. The maximum absolute atomic E-state index is 5.73. The molecular weight excluding hydrogens is 226 g/mol. The average molecular weight is 245 g/mol. The van der Waals surface area contributed by atoms with Crippen LogP contribution in [-0.2, 0) is 0 Å². The van der Waals surface area contributed by atoms with Crippen LogP contribution >= 0.6 is 0 Å². The quantitative estimate of drug-likeness (QED) is 0.882. The maximum Gasteiger partial charge on any atom is 0.198 e. The predicted molar refractivity (Wildman–Crippen MR) is 73.2 cm³/mol. The Morgan fingerprint density at radius 3 is 2.78 bits per heavy atom. The number of nitrogens with zero attached hydrogens (tertiary/aromatic N) is 2. The van der Waals surface area contributed by atoms with Crippen molar-refractivity contribution in [3.05, 3.63) is 24.1 Å². The van der Waals surface area contributed by atoms with Crippen molar-refractivity contribution in [3.8, 4) is 0 Å². The molecule has 1 aromatic carbocycles. The summed E-state index contributed by atoms with van der Waals surface area (Å²) in [4.78, 5) is 6.95. The molecule has 0 aliphatic carbocycles. The number of oxazole rings is 1. The summed E-state index contributed by atoms with van der Waals surface area (Å²) in [5, 5.41) is 3.36. The smallest absolute Gasteiger partial charge is 0.198 e. The summed E-state index contributed by atoms with van der Waals surface area (Å²) in [5.74, 6) is 1.16. The van der Waals surface area contributed by atoms with Crippen molar-refractivity contribution in [1.82, 2.24) is 10.3 Å². The van der Waals surface area contributed by atoms with Gasteiger partial charge in [-0.3, -0.25) is 0 Å². The molecule has 2 aromatic rings. The highest BCUT2D eigenvalue weighted by atomic mass is 16.3. The molecule has 1 aliphatic rings. The van der Waals surface area contributed by atoms with E-state index in [1.54, 1.807) is 0 Å². The normalized spacial score (nSPS) is 16.7. The van der Waals surface area contributed by atoms with E-state index in [2.05, 4.69) is 41.2 Å². The fraction of sp³-hybridized carbons (Fsp3) is 0.500. The van der Waals surface area contributed by atoms with Crippen molar-refractivity contribution in [1.29, 1.82) is 0 Å². The lowest BCUT2D eigenvalue weighted by Gasteiger charge is -2.29. The van der Waals surface area contributed by atoms with E-state index >= 15 is 0 Å². The standard InChI is InChI=1S/C14H19N3O/c1-10(2)14-16-12-9-11(3-4-13(12)18-14)17-7-5-15-6-8-17/h3-4,9-10,15H,5-8H2,1-2H3. The van der Waals surface area contributed by atoms with Gasteiger partial charge in [0, 0.05) is 37.8 Å². The second-order valence-corrected chi connectivity index (χ2v) is 5.10. The van der Waals surface area contributed by atoms with Gasteiger partial charge in [-0.1, -0.05) is 13.8 Å². The molecule has 0 unspecified atom stereocenters. The lowest BCUT2D eigenvalue weighted by Crippen LogP contribution is -2.43. The van der Waals surface area contributed by atoms with Gasteiger partial charge in [0.1, 0.15) is 5.52 Å². The molecule has 1 fully saturated rings. The van der Waals surface area contributed by atoms with E-state index in [-0.39, 0.29) is 0 Å². The summed E-state index contributed by atoms with van der Waals surface area (Å²) in [6.07, 6.45) is 0. The topological polar surface area (TPSA) is 41.3 Å². The number of aromatic nitrogens is 1. The van der Waals surface area contributed by atoms with Gasteiger partial charge >= 0.3 is 0 Å². The zero-order chi connectivity index (χ0) is 12.5. The third kappa shape index (κ3) is 2.08. The van der Waals surface area contributed by atoms with E-state index in [4.69, 9.17) is 4.42 Å². The van der Waals surface area contributed by atoms with Gasteiger partial charge < -0.3 is 14.6 Å². The molecule has 1 aromatic heterocycles. The Bertz CT molecular complexity index is 541. The molecule has 96 valence electrons. The van der Waals surface area contributed by atoms with E-state index in [0.29, 0.717) is 5.92 Å². The number of hydrogen-bond acceptors (Lipinski definition) is 4. The van der Waals surface area contributed by atoms with Gasteiger partial charge in [0.05, 0.1) is 0 Å². The molecular formula is C14H19N3O. The second kappa shape index (κ2) is 4.61. The van der Waals surface area contributed by atoms with Crippen LogP contribution in [0.1, 0.15) is 25.7 Å². The van der Waals surface area contributed by atoms with Gasteiger partial charge in [0.25, 0.3) is 0 Å². The van der Waals surface area contributed by atoms with E-state index in [1.165, 1.54) is 5.69 Å². The summed E-state index contributed by atoms with van der Waals surface area (Å²) < 4.78 is 5.73. The van der Waals surface area contributed by atoms with Gasteiger partial charge in [-0.05, 0) is 18.2 Å². The van der Waals surface area contributed by atoms with Crippen LogP contribution in [-0.4, -0.2) is 31.2 Å². The Labute approximate surface area is 107 Å². The highest BCUT2D eigenvalue weighted by Gasteiger charge is 2.13. The lowest BCUT2D eigenvalue weighted by molar-refractivity contribution is 0.501. The zero-order valence-electron chi connectivity index (χ0n) is 10.9. The maximum atomic E-state index is 5.73. The van der Waals surface area contributed by atoms with Crippen LogP contribution in [0.2, 0.25) is 0 Å². The summed E-state index contributed by atoms with van der Waals surface area (Å²) >= 11 is 0. The highest BCUT2D eigenvalue weighted by Crippen LogP contribution is 2.25. The van der Waals surface area contributed by atoms with E-state index in [1.807, 2.05) is 6.07 Å². The molecule has 4 nitrogen and oxygen atoms in total. The molecule has 1 saturated heterocycles. The third-order valence-corrected chi connectivity index (χ3v) is 3.36. The first kappa shape index (κ1) is 11.5. The second-order valence-electron chi connectivity index (χ2n) is 5.10. The first-order valence-electron chi connectivity index (χ1n) is 6.60. The number of rotatable bonds is 2. The zero-order valence-corrected chi connectivity index (χ0v) is 10.9. The average Bonchev–Trinajstić information content (AvgIpc) is 2.82. The van der Waals surface area contributed by atoms with Gasteiger partial charge in [-0.2, -0.15) is 0 Å². The molecule has 0 spiro atoms. The van der Waals surface area contributed by atoms with Gasteiger partial charge in [0.15, 0.2) is 11.5 Å². The van der Waals surface area contributed by atoms with Crippen molar-refractivity contribution in [2.24, 2.45) is 0 Å². The Morgan fingerprint density at radius 1 is 1.28 bits per heavy atom. The van der Waals surface area contributed by atoms with Gasteiger partial charge in [-0.15, -0.1) is 0 Å². The lowest BCUT2D eigenvalue weighted by atomic mass is 10.2. The molecule has 18 heavy (non-hydrogen) atoms. The van der Waals surface area contributed by atoms with E-state index in [0.717, 1.165) is 43.2 Å². The first-order valence-corrected chi connectivity index (χ1v) is 6.60. The van der Waals surface area contributed by atoms with Crippen LogP contribution in [0.5, 0.6) is 0 Å². The summed E-state index contributed by atoms with van der Waals surface area (Å²) in [6.45, 7) is 8.41. The first-order chi connectivity index (χ1) is 8.74. The van der Waals surface area contributed by atoms with Crippen LogP contribution in [0.25, 0.3) is 11.1 Å². The molecule has 1 N–H and O–H groups in total. The number of anilines is 1. The largest absolute Gasteiger partial charge is 0.440 e. The Hall–Kier alpha value is -1.55. The summed E-state index contributed by atoms with van der Waals surface area (Å²) in [5.41, 5.74) is 3.10. The molecule has 2 heterocycles. The fourth-order valence-electron chi connectivity index (χ4n) is 2.30. The molecule has 1 aliphatic heterocycles. The van der Waals surface area contributed by atoms with Gasteiger partial charge in [-0.25, -0.2) is 4.98 Å². The number of piperazine rings is 1. The molecule has 3 rings (SSSR count). The summed E-state index contributed by atoms with van der Waals surface area (Å²) in [7, 11) is 0. The number of hydrogen-bond donors (Lipinski definition) is 1. The van der Waals surface area contributed by atoms with Crippen LogP contribution in [0.4, 0.5) is 5.69 Å². The molecule has 0 saturated carbocycles. The molecule has 0 radical (unpaired) electrons. The Morgan fingerprint density at radius 2 is 2.06 bits per heavy atom. The van der Waals surface area contributed by atoms with Crippen LogP contribution in [0, 0.1) is 0 Å². The van der Waals surface area contributed by atoms with Crippen molar-refractivity contribution < 1.29 is 4.42 Å². The predicted octanol–water partition coefficient (Wildman–Crippen LogP) is 2.36. The van der Waals surface area contributed by atoms with Gasteiger partial charge in [0.2, 0.25) is 0 Å². The minimum Gasteiger partial charge on any atom is -0.440 e. The van der Waals surface area contributed by atoms with Crippen molar-refractivity contribution >= 4 is 16.8 Å². The number of nitrogens with one attached hydrogen (secondary N) is 1. The number of benzene rings is 1. The monoisotopic (exact) mass is 245 g/mol. The minimum atomic E-state index is 0.333. The van der Waals surface area contributed by atoms with Crippen molar-refractivity contribution in [3.63, 3.8) is 0 Å². The third-order valence-electron chi connectivity index (χ3n) is 3.36. The highest BCUT2D eigenvalue weighted by molar-refractivity contribution is 5.77. The van der Waals surface area contributed by atoms with E-state index in [9.17, 15) is 0 Å².